The molecular weight excluding hydrogens is 224 g/mol. The van der Waals surface area contributed by atoms with Crippen molar-refractivity contribution in [2.75, 3.05) is 0 Å². The fourth-order valence-electron chi connectivity index (χ4n) is 1.27. The molecule has 0 aromatic heterocycles. The van der Waals surface area contributed by atoms with E-state index in [1.807, 2.05) is 0 Å². The van der Waals surface area contributed by atoms with Crippen molar-refractivity contribution in [1.82, 2.24) is 0 Å². The van der Waals surface area contributed by atoms with Gasteiger partial charge in [0.2, 0.25) is 0 Å². The van der Waals surface area contributed by atoms with Gasteiger partial charge in [0.25, 0.3) is 5.69 Å². The fraction of sp³-hybridized carbons (Fsp3) is 0.273. The second-order valence-corrected chi connectivity index (χ2v) is 3.52. The Morgan fingerprint density at radius 1 is 1.53 bits per heavy atom. The van der Waals surface area contributed by atoms with E-state index in [1.165, 1.54) is 12.1 Å². The fourth-order valence-corrected chi connectivity index (χ4v) is 1.27. The van der Waals surface area contributed by atoms with Gasteiger partial charge in [-0.2, -0.15) is 5.26 Å². The molecule has 0 bridgehead atoms. The SMILES string of the molecule is CC(C)OC(=O)c1c(C#N)cccc1[N+](=O)[O-]. The van der Waals surface area contributed by atoms with Crippen LogP contribution in [-0.4, -0.2) is 17.0 Å². The van der Waals surface area contributed by atoms with Gasteiger partial charge in [-0.3, -0.25) is 10.1 Å². The largest absolute Gasteiger partial charge is 0.459 e. The third-order valence-electron chi connectivity index (χ3n) is 1.91. The molecule has 0 unspecified atom stereocenters. The Hall–Kier alpha value is -2.42. The molecule has 0 aliphatic heterocycles. The molecule has 6 heteroatoms. The van der Waals surface area contributed by atoms with E-state index in [2.05, 4.69) is 0 Å². The lowest BCUT2D eigenvalue weighted by atomic mass is 10.1. The Bertz CT molecular complexity index is 503. The molecule has 1 aromatic rings. The molecule has 17 heavy (non-hydrogen) atoms. The number of carbonyl (C=O) groups excluding carboxylic acids is 1. The monoisotopic (exact) mass is 234 g/mol. The smallest absolute Gasteiger partial charge is 0.346 e. The molecule has 0 aliphatic rings. The summed E-state index contributed by atoms with van der Waals surface area (Å²) >= 11 is 0. The first-order valence-corrected chi connectivity index (χ1v) is 4.86. The van der Waals surface area contributed by atoms with E-state index in [4.69, 9.17) is 10.00 Å². The lowest BCUT2D eigenvalue weighted by Gasteiger charge is -2.08. The standard InChI is InChI=1S/C11H10N2O4/c1-7(2)17-11(14)10-8(6-12)4-3-5-9(10)13(15)16/h3-5,7H,1-2H3. The van der Waals surface area contributed by atoms with Crippen molar-refractivity contribution >= 4 is 11.7 Å². The number of nitriles is 1. The Kier molecular flexibility index (Phi) is 3.78. The zero-order chi connectivity index (χ0) is 13.0. The number of nitro groups is 1. The molecule has 0 aliphatic carbocycles. The second kappa shape index (κ2) is 5.07. The maximum Gasteiger partial charge on any atom is 0.346 e. The number of hydrogen-bond acceptors (Lipinski definition) is 5. The third-order valence-corrected chi connectivity index (χ3v) is 1.91. The number of hydrogen-bond donors (Lipinski definition) is 0. The van der Waals surface area contributed by atoms with E-state index >= 15 is 0 Å². The first kappa shape index (κ1) is 12.6. The van der Waals surface area contributed by atoms with Crippen LogP contribution in [0.5, 0.6) is 0 Å². The van der Waals surface area contributed by atoms with Crippen molar-refractivity contribution in [3.05, 3.63) is 39.4 Å². The van der Waals surface area contributed by atoms with Crippen molar-refractivity contribution in [3.8, 4) is 6.07 Å². The molecule has 0 saturated carbocycles. The number of carbonyl (C=O) groups is 1. The van der Waals surface area contributed by atoms with E-state index in [1.54, 1.807) is 19.9 Å². The minimum absolute atomic E-state index is 0.0650. The summed E-state index contributed by atoms with van der Waals surface area (Å²) in [4.78, 5) is 21.7. The lowest BCUT2D eigenvalue weighted by molar-refractivity contribution is -0.385. The normalized spacial score (nSPS) is 9.76. The van der Waals surface area contributed by atoms with Crippen molar-refractivity contribution in [3.63, 3.8) is 0 Å². The van der Waals surface area contributed by atoms with Gasteiger partial charge in [0.15, 0.2) is 5.56 Å². The highest BCUT2D eigenvalue weighted by Gasteiger charge is 2.25. The van der Waals surface area contributed by atoms with Crippen LogP contribution in [0, 0.1) is 21.4 Å². The number of ether oxygens (including phenoxy) is 1. The first-order chi connectivity index (χ1) is 7.97. The van der Waals surface area contributed by atoms with E-state index in [0.29, 0.717) is 0 Å². The van der Waals surface area contributed by atoms with E-state index in [-0.39, 0.29) is 11.1 Å². The van der Waals surface area contributed by atoms with Gasteiger partial charge < -0.3 is 4.74 Å². The molecule has 88 valence electrons. The van der Waals surface area contributed by atoms with E-state index in [9.17, 15) is 14.9 Å². The van der Waals surface area contributed by atoms with Gasteiger partial charge >= 0.3 is 5.97 Å². The Morgan fingerprint density at radius 2 is 2.18 bits per heavy atom. The third kappa shape index (κ3) is 2.78. The summed E-state index contributed by atoms with van der Waals surface area (Å²) in [7, 11) is 0. The average molecular weight is 234 g/mol. The van der Waals surface area contributed by atoms with Gasteiger partial charge in [0.05, 0.1) is 16.6 Å². The van der Waals surface area contributed by atoms with Crippen LogP contribution in [0.25, 0.3) is 0 Å². The van der Waals surface area contributed by atoms with Crippen LogP contribution in [0.3, 0.4) is 0 Å². The van der Waals surface area contributed by atoms with Gasteiger partial charge in [0.1, 0.15) is 6.07 Å². The molecule has 0 heterocycles. The lowest BCUT2D eigenvalue weighted by Crippen LogP contribution is -2.14. The summed E-state index contributed by atoms with van der Waals surface area (Å²) in [6, 6.07) is 5.59. The van der Waals surface area contributed by atoms with Crippen LogP contribution in [-0.2, 0) is 4.74 Å². The molecule has 0 saturated heterocycles. The molecule has 6 nitrogen and oxygen atoms in total. The Balaban J connectivity index is 3.33. The second-order valence-electron chi connectivity index (χ2n) is 3.52. The summed E-state index contributed by atoms with van der Waals surface area (Å²) < 4.78 is 4.88. The maximum absolute atomic E-state index is 11.7. The van der Waals surface area contributed by atoms with Crippen molar-refractivity contribution in [2.45, 2.75) is 20.0 Å². The van der Waals surface area contributed by atoms with Crippen LogP contribution in [0.15, 0.2) is 18.2 Å². The van der Waals surface area contributed by atoms with Crippen LogP contribution >= 0.6 is 0 Å². The number of nitro benzene ring substituents is 1. The van der Waals surface area contributed by atoms with Crippen LogP contribution < -0.4 is 0 Å². The quantitative estimate of drug-likeness (QED) is 0.453. The maximum atomic E-state index is 11.7. The average Bonchev–Trinajstić information content (AvgIpc) is 2.26. The van der Waals surface area contributed by atoms with Gasteiger partial charge in [-0.15, -0.1) is 0 Å². The molecule has 0 amide bonds. The number of nitrogens with zero attached hydrogens (tertiary/aromatic N) is 2. The van der Waals surface area contributed by atoms with Crippen molar-refractivity contribution < 1.29 is 14.5 Å². The number of benzene rings is 1. The van der Waals surface area contributed by atoms with Crippen LogP contribution in [0.2, 0.25) is 0 Å². The van der Waals surface area contributed by atoms with Gasteiger partial charge in [-0.25, -0.2) is 4.79 Å². The molecule has 0 spiro atoms. The summed E-state index contributed by atoms with van der Waals surface area (Å²) in [5, 5.41) is 19.6. The van der Waals surface area contributed by atoms with Gasteiger partial charge in [-0.05, 0) is 19.9 Å². The molecule has 0 fully saturated rings. The molecular formula is C11H10N2O4. The van der Waals surface area contributed by atoms with E-state index < -0.39 is 22.7 Å². The summed E-state index contributed by atoms with van der Waals surface area (Å²) in [5.41, 5.74) is -0.784. The topological polar surface area (TPSA) is 93.2 Å². The highest BCUT2D eigenvalue weighted by Crippen LogP contribution is 2.23. The Morgan fingerprint density at radius 3 is 2.65 bits per heavy atom. The Labute approximate surface area is 97.6 Å². The minimum atomic E-state index is -0.858. The molecule has 0 radical (unpaired) electrons. The molecule has 0 N–H and O–H groups in total. The van der Waals surface area contributed by atoms with Crippen LogP contribution in [0.4, 0.5) is 5.69 Å². The van der Waals surface area contributed by atoms with Crippen LogP contribution in [0.1, 0.15) is 29.8 Å². The molecule has 1 aromatic carbocycles. The van der Waals surface area contributed by atoms with Crippen molar-refractivity contribution in [1.29, 1.82) is 5.26 Å². The minimum Gasteiger partial charge on any atom is -0.459 e. The van der Waals surface area contributed by atoms with Crippen molar-refractivity contribution in [2.24, 2.45) is 0 Å². The highest BCUT2D eigenvalue weighted by atomic mass is 16.6. The van der Waals surface area contributed by atoms with Gasteiger partial charge in [0, 0.05) is 6.07 Å². The molecule has 0 atom stereocenters. The zero-order valence-corrected chi connectivity index (χ0v) is 9.34. The summed E-state index contributed by atoms with van der Waals surface area (Å²) in [6.07, 6.45) is -0.408. The van der Waals surface area contributed by atoms with E-state index in [0.717, 1.165) is 6.07 Å². The highest BCUT2D eigenvalue weighted by molar-refractivity contribution is 5.96. The number of rotatable bonds is 3. The first-order valence-electron chi connectivity index (χ1n) is 4.86. The van der Waals surface area contributed by atoms with Gasteiger partial charge in [-0.1, -0.05) is 6.07 Å². The summed E-state index contributed by atoms with van der Waals surface area (Å²) in [5.74, 6) is -0.858. The predicted octanol–water partition coefficient (Wildman–Crippen LogP) is 2.03. The predicted molar refractivity (Wildman–Crippen MR) is 58.4 cm³/mol. The zero-order valence-electron chi connectivity index (χ0n) is 9.34. The molecule has 1 rings (SSSR count). The summed E-state index contributed by atoms with van der Waals surface area (Å²) in [6.45, 7) is 3.25. The number of esters is 1.